The minimum absolute atomic E-state index is 0.575. The van der Waals surface area contributed by atoms with Gasteiger partial charge in [0.15, 0.2) is 0 Å². The van der Waals surface area contributed by atoms with Crippen LogP contribution in [0.15, 0.2) is 30.3 Å². The van der Waals surface area contributed by atoms with Crippen molar-refractivity contribution < 1.29 is 13.2 Å². The third-order valence-corrected chi connectivity index (χ3v) is 3.68. The van der Waals surface area contributed by atoms with Crippen molar-refractivity contribution in [2.24, 2.45) is 5.92 Å². The van der Waals surface area contributed by atoms with E-state index in [2.05, 4.69) is 13.0 Å². The largest absolute Gasteiger partial charge is 0.416 e. The molecule has 1 aliphatic carbocycles. The van der Waals surface area contributed by atoms with E-state index in [1.54, 1.807) is 12.1 Å². The number of rotatable bonds is 2. The number of hydrogen-bond donors (Lipinski definition) is 0. The molecule has 1 aromatic carbocycles. The summed E-state index contributed by atoms with van der Waals surface area (Å²) in [7, 11) is 0. The zero-order valence-electron chi connectivity index (χ0n) is 10.4. The molecule has 1 atom stereocenters. The van der Waals surface area contributed by atoms with Gasteiger partial charge in [0.25, 0.3) is 0 Å². The fourth-order valence-electron chi connectivity index (χ4n) is 2.39. The lowest BCUT2D eigenvalue weighted by molar-refractivity contribution is -0.137. The van der Waals surface area contributed by atoms with Crippen LogP contribution in [0.1, 0.15) is 43.7 Å². The van der Waals surface area contributed by atoms with Crippen molar-refractivity contribution in [3.8, 4) is 0 Å². The van der Waals surface area contributed by atoms with Crippen molar-refractivity contribution in [3.63, 3.8) is 0 Å². The van der Waals surface area contributed by atoms with Gasteiger partial charge in [-0.25, -0.2) is 0 Å². The molecule has 0 amide bonds. The maximum atomic E-state index is 12.4. The van der Waals surface area contributed by atoms with E-state index in [1.807, 2.05) is 0 Å². The molecule has 0 nitrogen and oxygen atoms in total. The van der Waals surface area contributed by atoms with E-state index < -0.39 is 11.7 Å². The molecular formula is C15H17F3. The summed E-state index contributed by atoms with van der Waals surface area (Å²) in [6.45, 7) is 2.18. The number of benzene rings is 1. The minimum Gasteiger partial charge on any atom is -0.166 e. The van der Waals surface area contributed by atoms with Gasteiger partial charge >= 0.3 is 6.18 Å². The molecule has 0 aromatic heterocycles. The van der Waals surface area contributed by atoms with Gasteiger partial charge in [-0.2, -0.15) is 13.2 Å². The highest BCUT2D eigenvalue weighted by Gasteiger charge is 2.30. The monoisotopic (exact) mass is 254 g/mol. The summed E-state index contributed by atoms with van der Waals surface area (Å²) in [5.74, 6) is 0.739. The van der Waals surface area contributed by atoms with Gasteiger partial charge in [-0.05, 0) is 48.4 Å². The van der Waals surface area contributed by atoms with Crippen LogP contribution >= 0.6 is 0 Å². The molecule has 0 N–H and O–H groups in total. The molecule has 0 spiro atoms. The lowest BCUT2D eigenvalue weighted by Crippen LogP contribution is -2.06. The zero-order chi connectivity index (χ0) is 13.2. The maximum absolute atomic E-state index is 12.4. The molecule has 98 valence electrons. The molecule has 1 unspecified atom stereocenters. The Morgan fingerprint density at radius 1 is 1.17 bits per heavy atom. The van der Waals surface area contributed by atoms with E-state index >= 15 is 0 Å². The first-order chi connectivity index (χ1) is 8.50. The summed E-state index contributed by atoms with van der Waals surface area (Å²) in [4.78, 5) is 0. The lowest BCUT2D eigenvalue weighted by atomic mass is 9.85. The van der Waals surface area contributed by atoms with Crippen LogP contribution in [-0.4, -0.2) is 0 Å². The Morgan fingerprint density at radius 3 is 2.28 bits per heavy atom. The van der Waals surface area contributed by atoms with Gasteiger partial charge < -0.3 is 0 Å². The quantitative estimate of drug-likeness (QED) is 0.672. The second-order valence-corrected chi connectivity index (χ2v) is 4.85. The smallest absolute Gasteiger partial charge is 0.166 e. The SMILES string of the molecule is CCC1CC=C(c2ccc(C(F)(F)F)cc2)CC1. The normalized spacial score (nSPS) is 20.7. The van der Waals surface area contributed by atoms with Gasteiger partial charge in [-0.1, -0.05) is 31.6 Å². The summed E-state index contributed by atoms with van der Waals surface area (Å²) in [5, 5.41) is 0. The molecular weight excluding hydrogens is 237 g/mol. The first-order valence-corrected chi connectivity index (χ1v) is 6.37. The van der Waals surface area contributed by atoms with Crippen molar-refractivity contribution in [1.29, 1.82) is 0 Å². The second kappa shape index (κ2) is 5.17. The van der Waals surface area contributed by atoms with Gasteiger partial charge in [0, 0.05) is 0 Å². The Hall–Kier alpha value is -1.25. The molecule has 0 heterocycles. The van der Waals surface area contributed by atoms with E-state index in [1.165, 1.54) is 24.1 Å². The van der Waals surface area contributed by atoms with Crippen LogP contribution < -0.4 is 0 Å². The Kier molecular flexibility index (Phi) is 3.79. The number of hydrogen-bond acceptors (Lipinski definition) is 0. The molecule has 0 radical (unpaired) electrons. The summed E-state index contributed by atoms with van der Waals surface area (Å²) >= 11 is 0. The lowest BCUT2D eigenvalue weighted by Gasteiger charge is -2.21. The van der Waals surface area contributed by atoms with E-state index in [4.69, 9.17) is 0 Å². The van der Waals surface area contributed by atoms with E-state index in [0.29, 0.717) is 0 Å². The summed E-state index contributed by atoms with van der Waals surface area (Å²) in [6.07, 6.45) is 2.28. The van der Waals surface area contributed by atoms with Gasteiger partial charge in [-0.3, -0.25) is 0 Å². The summed E-state index contributed by atoms with van der Waals surface area (Å²) in [5.41, 5.74) is 1.54. The summed E-state index contributed by atoms with van der Waals surface area (Å²) in [6, 6.07) is 5.51. The Morgan fingerprint density at radius 2 is 1.83 bits per heavy atom. The fraction of sp³-hybridized carbons (Fsp3) is 0.467. The van der Waals surface area contributed by atoms with Crippen LogP contribution in [0.2, 0.25) is 0 Å². The highest BCUT2D eigenvalue weighted by Crippen LogP contribution is 2.34. The molecule has 3 heteroatoms. The Labute approximate surface area is 106 Å². The highest BCUT2D eigenvalue weighted by atomic mass is 19.4. The third-order valence-electron chi connectivity index (χ3n) is 3.68. The van der Waals surface area contributed by atoms with E-state index in [0.717, 1.165) is 30.7 Å². The van der Waals surface area contributed by atoms with Crippen LogP contribution in [0, 0.1) is 5.92 Å². The molecule has 0 fully saturated rings. The van der Waals surface area contributed by atoms with Crippen molar-refractivity contribution in [2.75, 3.05) is 0 Å². The van der Waals surface area contributed by atoms with Crippen LogP contribution in [0.4, 0.5) is 13.2 Å². The van der Waals surface area contributed by atoms with Crippen LogP contribution in [0.3, 0.4) is 0 Å². The van der Waals surface area contributed by atoms with E-state index in [9.17, 15) is 13.2 Å². The molecule has 18 heavy (non-hydrogen) atoms. The number of allylic oxidation sites excluding steroid dienone is 2. The van der Waals surface area contributed by atoms with Crippen LogP contribution in [0.5, 0.6) is 0 Å². The van der Waals surface area contributed by atoms with Crippen molar-refractivity contribution in [3.05, 3.63) is 41.5 Å². The third kappa shape index (κ3) is 2.95. The number of halogens is 3. The zero-order valence-corrected chi connectivity index (χ0v) is 10.4. The Bertz CT molecular complexity index is 426. The van der Waals surface area contributed by atoms with Crippen LogP contribution in [0.25, 0.3) is 5.57 Å². The topological polar surface area (TPSA) is 0 Å². The first kappa shape index (κ1) is 13.2. The summed E-state index contributed by atoms with van der Waals surface area (Å²) < 4.78 is 37.3. The first-order valence-electron chi connectivity index (χ1n) is 6.37. The fourth-order valence-corrected chi connectivity index (χ4v) is 2.39. The standard InChI is InChI=1S/C15H17F3/c1-2-11-3-5-12(6-4-11)13-7-9-14(10-8-13)15(16,17)18/h5,7-11H,2-4,6H2,1H3. The maximum Gasteiger partial charge on any atom is 0.416 e. The second-order valence-electron chi connectivity index (χ2n) is 4.85. The van der Waals surface area contributed by atoms with Crippen molar-refractivity contribution in [1.82, 2.24) is 0 Å². The average Bonchev–Trinajstić information content (AvgIpc) is 2.38. The molecule has 0 saturated heterocycles. The van der Waals surface area contributed by atoms with Crippen LogP contribution in [-0.2, 0) is 6.18 Å². The average molecular weight is 254 g/mol. The van der Waals surface area contributed by atoms with Crippen molar-refractivity contribution >= 4 is 5.57 Å². The predicted molar refractivity (Wildman–Crippen MR) is 67.1 cm³/mol. The molecule has 0 saturated carbocycles. The molecule has 1 aromatic rings. The highest BCUT2D eigenvalue weighted by molar-refractivity contribution is 5.66. The molecule has 0 bridgehead atoms. The van der Waals surface area contributed by atoms with Gasteiger partial charge in [0.2, 0.25) is 0 Å². The molecule has 0 aliphatic heterocycles. The van der Waals surface area contributed by atoms with E-state index in [-0.39, 0.29) is 0 Å². The molecule has 2 rings (SSSR count). The Balaban J connectivity index is 2.14. The molecule has 1 aliphatic rings. The predicted octanol–water partition coefficient (Wildman–Crippen LogP) is 5.30. The van der Waals surface area contributed by atoms with Gasteiger partial charge in [0.05, 0.1) is 5.56 Å². The van der Waals surface area contributed by atoms with Gasteiger partial charge in [0.1, 0.15) is 0 Å². The minimum atomic E-state index is -4.24. The van der Waals surface area contributed by atoms with Gasteiger partial charge in [-0.15, -0.1) is 0 Å². The number of alkyl halides is 3. The van der Waals surface area contributed by atoms with Crippen molar-refractivity contribution in [2.45, 2.75) is 38.8 Å².